The van der Waals surface area contributed by atoms with Crippen molar-refractivity contribution in [1.82, 2.24) is 20.9 Å². The highest BCUT2D eigenvalue weighted by molar-refractivity contribution is 7.92. The molecule has 1 aromatic heterocycles. The lowest BCUT2D eigenvalue weighted by atomic mass is 9.83. The first-order valence-corrected chi connectivity index (χ1v) is 17.6. The number of rotatable bonds is 20. The lowest BCUT2D eigenvalue weighted by Crippen LogP contribution is -2.59. The third-order valence-electron chi connectivity index (χ3n) is 7.56. The fourth-order valence-corrected chi connectivity index (χ4v) is 7.40. The maximum Gasteiger partial charge on any atom is 0.253 e. The summed E-state index contributed by atoms with van der Waals surface area (Å²) >= 11 is 0. The largest absolute Gasteiger partial charge is 0.390 e. The predicted molar refractivity (Wildman–Crippen MR) is 172 cm³/mol. The number of carbonyl (C=O) groups is 3. The second-order valence-corrected chi connectivity index (χ2v) is 15.3. The molecule has 1 rings (SSSR count). The lowest BCUT2D eigenvalue weighted by Gasteiger charge is -2.35. The monoisotopic (exact) mass is 640 g/mol. The molecule has 5 N–H and O–H groups in total. The third kappa shape index (κ3) is 12.8. The Hall–Kier alpha value is -2.57. The first-order chi connectivity index (χ1) is 20.5. The summed E-state index contributed by atoms with van der Waals surface area (Å²) in [6.45, 7) is 15.4. The van der Waals surface area contributed by atoms with E-state index in [1.807, 2.05) is 41.5 Å². The lowest BCUT2D eigenvalue weighted by molar-refractivity contribution is -0.137. The van der Waals surface area contributed by atoms with Crippen LogP contribution >= 0.6 is 0 Å². The minimum absolute atomic E-state index is 0.0416. The molecule has 0 aromatic carbocycles. The Morgan fingerprint density at radius 1 is 0.886 bits per heavy atom. The number of aliphatic hydroxyl groups excluding tert-OH is 2. The van der Waals surface area contributed by atoms with E-state index < -0.39 is 68.8 Å². The average molecular weight is 641 g/mol. The molecule has 0 aliphatic carbocycles. The van der Waals surface area contributed by atoms with Gasteiger partial charge in [-0.2, -0.15) is 0 Å². The average Bonchev–Trinajstić information content (AvgIpc) is 2.94. The van der Waals surface area contributed by atoms with E-state index in [-0.39, 0.29) is 29.7 Å². The first kappa shape index (κ1) is 39.5. The number of nitrogens with zero attached hydrogens (tertiary/aromatic N) is 1. The minimum Gasteiger partial charge on any atom is -0.390 e. The first-order valence-electron chi connectivity index (χ1n) is 15.9. The third-order valence-corrected chi connectivity index (χ3v) is 9.85. The second kappa shape index (κ2) is 19.1. The molecular formula is C32H56N4O7S. The van der Waals surface area contributed by atoms with Gasteiger partial charge in [0.25, 0.3) is 5.91 Å². The van der Waals surface area contributed by atoms with E-state index in [1.54, 1.807) is 19.9 Å². The summed E-state index contributed by atoms with van der Waals surface area (Å²) in [7, 11) is -3.82. The minimum atomic E-state index is -3.82. The van der Waals surface area contributed by atoms with Crippen molar-refractivity contribution in [1.29, 1.82) is 0 Å². The number of sulfone groups is 1. The van der Waals surface area contributed by atoms with Crippen LogP contribution in [0.25, 0.3) is 0 Å². The summed E-state index contributed by atoms with van der Waals surface area (Å²) in [4.78, 5) is 43.8. The van der Waals surface area contributed by atoms with Crippen molar-refractivity contribution in [3.05, 3.63) is 30.1 Å². The molecule has 0 aliphatic rings. The van der Waals surface area contributed by atoms with Crippen LogP contribution in [-0.4, -0.2) is 83.2 Å². The van der Waals surface area contributed by atoms with Gasteiger partial charge < -0.3 is 26.2 Å². The number of aromatic nitrogens is 1. The number of carbonyl (C=O) groups excluding carboxylic acids is 3. The van der Waals surface area contributed by atoms with Crippen molar-refractivity contribution < 1.29 is 33.0 Å². The van der Waals surface area contributed by atoms with Crippen LogP contribution in [-0.2, 0) is 19.4 Å². The molecule has 0 saturated heterocycles. The van der Waals surface area contributed by atoms with E-state index in [2.05, 4.69) is 20.9 Å². The molecule has 0 saturated carbocycles. The van der Waals surface area contributed by atoms with Gasteiger partial charge in [-0.05, 0) is 49.1 Å². The van der Waals surface area contributed by atoms with Gasteiger partial charge in [-0.25, -0.2) is 8.42 Å². The van der Waals surface area contributed by atoms with Gasteiger partial charge in [-0.1, -0.05) is 68.2 Å². The molecule has 0 radical (unpaired) electrons. The van der Waals surface area contributed by atoms with Gasteiger partial charge in [-0.15, -0.1) is 0 Å². The van der Waals surface area contributed by atoms with Crippen LogP contribution in [0.2, 0.25) is 0 Å². The zero-order valence-corrected chi connectivity index (χ0v) is 28.6. The van der Waals surface area contributed by atoms with E-state index in [9.17, 15) is 33.0 Å². The second-order valence-electron chi connectivity index (χ2n) is 12.9. The Balaban J connectivity index is 3.39. The summed E-state index contributed by atoms with van der Waals surface area (Å²) in [5.74, 6) is -3.65. The summed E-state index contributed by atoms with van der Waals surface area (Å²) in [5, 5.41) is 30.0. The molecular weight excluding hydrogens is 584 g/mol. The molecule has 0 fully saturated rings. The number of amides is 3. The Morgan fingerprint density at radius 2 is 1.50 bits per heavy atom. The molecule has 3 amide bonds. The Morgan fingerprint density at radius 3 is 1.98 bits per heavy atom. The molecule has 0 aliphatic heterocycles. The summed E-state index contributed by atoms with van der Waals surface area (Å²) in [6, 6.07) is 0.552. The van der Waals surface area contributed by atoms with Gasteiger partial charge in [0.05, 0.1) is 34.6 Å². The topological polar surface area (TPSA) is 175 Å². The van der Waals surface area contributed by atoms with Gasteiger partial charge in [-0.3, -0.25) is 19.4 Å². The van der Waals surface area contributed by atoms with Crippen LogP contribution in [0.3, 0.4) is 0 Å². The van der Waals surface area contributed by atoms with Crippen molar-refractivity contribution >= 4 is 27.6 Å². The molecule has 12 heteroatoms. The quantitative estimate of drug-likeness (QED) is 0.145. The van der Waals surface area contributed by atoms with Gasteiger partial charge in [0.2, 0.25) is 11.8 Å². The molecule has 1 aromatic rings. The maximum atomic E-state index is 13.8. The van der Waals surface area contributed by atoms with Gasteiger partial charge in [0.15, 0.2) is 9.84 Å². The molecule has 252 valence electrons. The Labute approximate surface area is 264 Å². The van der Waals surface area contributed by atoms with Gasteiger partial charge >= 0.3 is 0 Å². The van der Waals surface area contributed by atoms with E-state index in [1.165, 1.54) is 18.5 Å². The van der Waals surface area contributed by atoms with E-state index in [4.69, 9.17) is 0 Å². The standard InChI is InChI=1S/C32H56N4O7S/c1-9-12-24(13-10-2)44(42,43)19-26(36-30(39)23-14-11-15-33-18-23)31(40)35-25(16-20(3)4)28(37)29(38)27(22(7)8)32(41)34-17-21(5)6/h11,14-15,18,20-22,24-29,37-38H,9-10,12-13,16-17,19H2,1-8H3,(H,34,41)(H,35,40)(H,36,39)/t25-,26?,27+,28+,29+/m0/s1. The van der Waals surface area contributed by atoms with Crippen molar-refractivity contribution in [3.63, 3.8) is 0 Å². The SMILES string of the molecule is CCCC(CCC)S(=O)(=O)CC(NC(=O)c1cccnc1)C(=O)N[C@@H](CC(C)C)[C@@H](O)[C@H](O)[C@H](C(=O)NCC(C)C)C(C)C. The highest BCUT2D eigenvalue weighted by Crippen LogP contribution is 2.23. The molecule has 1 heterocycles. The zero-order valence-electron chi connectivity index (χ0n) is 27.7. The van der Waals surface area contributed by atoms with Crippen LogP contribution in [0.4, 0.5) is 0 Å². The highest BCUT2D eigenvalue weighted by atomic mass is 32.2. The van der Waals surface area contributed by atoms with E-state index in [0.29, 0.717) is 32.2 Å². The fourth-order valence-electron chi connectivity index (χ4n) is 5.24. The van der Waals surface area contributed by atoms with Crippen molar-refractivity contribution in [2.75, 3.05) is 12.3 Å². The normalized spacial score (nSPS) is 15.6. The van der Waals surface area contributed by atoms with E-state index in [0.717, 1.165) is 0 Å². The highest BCUT2D eigenvalue weighted by Gasteiger charge is 2.40. The van der Waals surface area contributed by atoms with Gasteiger partial charge in [0, 0.05) is 18.9 Å². The van der Waals surface area contributed by atoms with Crippen LogP contribution in [0.15, 0.2) is 24.5 Å². The van der Waals surface area contributed by atoms with Crippen LogP contribution < -0.4 is 16.0 Å². The van der Waals surface area contributed by atoms with Crippen LogP contribution in [0, 0.1) is 23.7 Å². The molecule has 44 heavy (non-hydrogen) atoms. The zero-order chi connectivity index (χ0) is 33.6. The Kier molecular flexibility index (Phi) is 17.1. The van der Waals surface area contributed by atoms with Crippen molar-refractivity contribution in [2.45, 2.75) is 117 Å². The molecule has 1 unspecified atom stereocenters. The van der Waals surface area contributed by atoms with E-state index >= 15 is 0 Å². The van der Waals surface area contributed by atoms with Crippen molar-refractivity contribution in [2.24, 2.45) is 23.7 Å². The number of hydrogen-bond acceptors (Lipinski definition) is 8. The summed E-state index contributed by atoms with van der Waals surface area (Å²) < 4.78 is 27.0. The molecule has 5 atom stereocenters. The van der Waals surface area contributed by atoms with Gasteiger partial charge in [0.1, 0.15) is 12.1 Å². The number of nitrogens with one attached hydrogen (secondary N) is 3. The Bertz CT molecular complexity index is 1120. The van der Waals surface area contributed by atoms with Crippen molar-refractivity contribution in [3.8, 4) is 0 Å². The fraction of sp³-hybridized carbons (Fsp3) is 0.750. The molecule has 0 spiro atoms. The van der Waals surface area contributed by atoms with Crippen LogP contribution in [0.5, 0.6) is 0 Å². The molecule has 0 bridgehead atoms. The number of pyridine rings is 1. The van der Waals surface area contributed by atoms with Crippen LogP contribution in [0.1, 0.15) is 97.9 Å². The smallest absolute Gasteiger partial charge is 0.253 e. The number of hydrogen-bond donors (Lipinski definition) is 5. The summed E-state index contributed by atoms with van der Waals surface area (Å²) in [6.07, 6.45) is 2.11. The predicted octanol–water partition coefficient (Wildman–Crippen LogP) is 2.86. The number of aliphatic hydroxyl groups is 2. The summed E-state index contributed by atoms with van der Waals surface area (Å²) in [5.41, 5.74) is 0.155. The maximum absolute atomic E-state index is 13.8. The molecule has 11 nitrogen and oxygen atoms in total.